The fourth-order valence-electron chi connectivity index (χ4n) is 1.64. The Balaban J connectivity index is 2.47. The molecule has 0 unspecified atom stereocenters. The molecule has 0 amide bonds. The minimum Gasteiger partial charge on any atom is -0.328 e. The molecule has 21 heavy (non-hydrogen) atoms. The van der Waals surface area contributed by atoms with E-state index in [4.69, 9.17) is 35.4 Å². The van der Waals surface area contributed by atoms with Gasteiger partial charge in [-0.15, -0.1) is 0 Å². The highest BCUT2D eigenvalue weighted by Crippen LogP contribution is 2.26. The molecule has 112 valence electrons. The fourth-order valence-corrected chi connectivity index (χ4v) is 2.38. The van der Waals surface area contributed by atoms with Crippen LogP contribution in [0.15, 0.2) is 29.1 Å². The first-order valence-corrected chi connectivity index (χ1v) is 6.70. The standard InChI is InChI=1S/C12H7Cl2F3N2OS/c13-7-2-1-6(8(14)3-7)5-19-10(20)4-9(12(15,16)17)18-11(19)21/h1-4H,5H2,(H,18,21). The zero-order valence-corrected chi connectivity index (χ0v) is 12.5. The molecule has 1 aromatic carbocycles. The average molecular weight is 355 g/mol. The fraction of sp³-hybridized carbons (Fsp3) is 0.167. The van der Waals surface area contributed by atoms with Crippen LogP contribution in [0.2, 0.25) is 10.0 Å². The zero-order chi connectivity index (χ0) is 15.8. The van der Waals surface area contributed by atoms with Crippen LogP contribution in [0.3, 0.4) is 0 Å². The second-order valence-electron chi connectivity index (χ2n) is 4.15. The molecule has 2 aromatic rings. The number of aromatic nitrogens is 2. The number of nitrogens with one attached hydrogen (secondary N) is 1. The lowest BCUT2D eigenvalue weighted by atomic mass is 10.2. The van der Waals surface area contributed by atoms with E-state index in [0.29, 0.717) is 21.7 Å². The molecule has 0 atom stereocenters. The highest BCUT2D eigenvalue weighted by molar-refractivity contribution is 7.71. The van der Waals surface area contributed by atoms with Crippen molar-refractivity contribution in [3.63, 3.8) is 0 Å². The Morgan fingerprint density at radius 2 is 1.90 bits per heavy atom. The Bertz CT molecular complexity index is 767. The number of halogens is 5. The van der Waals surface area contributed by atoms with Crippen molar-refractivity contribution in [3.8, 4) is 0 Å². The van der Waals surface area contributed by atoms with Crippen LogP contribution in [0.5, 0.6) is 0 Å². The maximum Gasteiger partial charge on any atom is 0.431 e. The van der Waals surface area contributed by atoms with Crippen LogP contribution in [-0.2, 0) is 12.7 Å². The molecule has 0 bridgehead atoms. The van der Waals surface area contributed by atoms with Gasteiger partial charge in [-0.25, -0.2) is 0 Å². The van der Waals surface area contributed by atoms with E-state index in [1.54, 1.807) is 12.1 Å². The maximum absolute atomic E-state index is 12.6. The number of H-pyrrole nitrogens is 1. The van der Waals surface area contributed by atoms with Gasteiger partial charge in [0.1, 0.15) is 5.69 Å². The lowest BCUT2D eigenvalue weighted by Gasteiger charge is -2.11. The van der Waals surface area contributed by atoms with Crippen LogP contribution in [0.25, 0.3) is 0 Å². The molecule has 1 N–H and O–H groups in total. The monoisotopic (exact) mass is 354 g/mol. The maximum atomic E-state index is 12.6. The van der Waals surface area contributed by atoms with Gasteiger partial charge in [0.2, 0.25) is 0 Å². The summed E-state index contributed by atoms with van der Waals surface area (Å²) in [7, 11) is 0. The van der Waals surface area contributed by atoms with Crippen molar-refractivity contribution in [1.82, 2.24) is 9.55 Å². The van der Waals surface area contributed by atoms with Crippen molar-refractivity contribution in [3.05, 3.63) is 60.7 Å². The van der Waals surface area contributed by atoms with Crippen LogP contribution >= 0.6 is 35.4 Å². The summed E-state index contributed by atoms with van der Waals surface area (Å²) in [6.07, 6.45) is -4.66. The molecule has 1 heterocycles. The minimum absolute atomic E-state index is 0.0533. The SMILES string of the molecule is O=c1cc(C(F)(F)F)[nH]c(=S)n1Cc1ccc(Cl)cc1Cl. The molecule has 0 saturated carbocycles. The number of alkyl halides is 3. The van der Waals surface area contributed by atoms with Crippen molar-refractivity contribution < 1.29 is 13.2 Å². The third kappa shape index (κ3) is 3.66. The Morgan fingerprint density at radius 3 is 2.43 bits per heavy atom. The number of nitrogens with zero attached hydrogens (tertiary/aromatic N) is 1. The van der Waals surface area contributed by atoms with Crippen LogP contribution in [0, 0.1) is 4.77 Å². The van der Waals surface area contributed by atoms with Crippen molar-refractivity contribution in [2.45, 2.75) is 12.7 Å². The smallest absolute Gasteiger partial charge is 0.328 e. The minimum atomic E-state index is -4.66. The predicted octanol–water partition coefficient (Wildman–Crippen LogP) is 4.28. The zero-order valence-electron chi connectivity index (χ0n) is 10.2. The Hall–Kier alpha value is -1.31. The van der Waals surface area contributed by atoms with Gasteiger partial charge < -0.3 is 4.98 Å². The van der Waals surface area contributed by atoms with E-state index in [9.17, 15) is 18.0 Å². The van der Waals surface area contributed by atoms with Gasteiger partial charge in [0.05, 0.1) is 6.54 Å². The van der Waals surface area contributed by atoms with E-state index in [-0.39, 0.29) is 11.3 Å². The highest BCUT2D eigenvalue weighted by Gasteiger charge is 2.32. The normalized spacial score (nSPS) is 11.7. The number of aromatic amines is 1. The lowest BCUT2D eigenvalue weighted by Crippen LogP contribution is -2.25. The summed E-state index contributed by atoms with van der Waals surface area (Å²) in [4.78, 5) is 13.8. The van der Waals surface area contributed by atoms with Crippen molar-refractivity contribution >= 4 is 35.4 Å². The number of benzene rings is 1. The Labute approximate surface area is 131 Å². The van der Waals surface area contributed by atoms with Gasteiger partial charge in [-0.05, 0) is 29.9 Å². The molecule has 0 aliphatic heterocycles. The molecule has 0 aliphatic carbocycles. The van der Waals surface area contributed by atoms with Crippen molar-refractivity contribution in [2.24, 2.45) is 0 Å². The van der Waals surface area contributed by atoms with E-state index < -0.39 is 17.4 Å². The lowest BCUT2D eigenvalue weighted by molar-refractivity contribution is -0.141. The topological polar surface area (TPSA) is 37.8 Å². The van der Waals surface area contributed by atoms with Crippen LogP contribution in [0.4, 0.5) is 13.2 Å². The third-order valence-electron chi connectivity index (χ3n) is 2.67. The van der Waals surface area contributed by atoms with Gasteiger partial charge in [0.15, 0.2) is 4.77 Å². The van der Waals surface area contributed by atoms with Gasteiger partial charge in [0.25, 0.3) is 5.56 Å². The molecule has 0 fully saturated rings. The second kappa shape index (κ2) is 5.82. The van der Waals surface area contributed by atoms with Crippen molar-refractivity contribution in [2.75, 3.05) is 0 Å². The van der Waals surface area contributed by atoms with E-state index in [2.05, 4.69) is 0 Å². The van der Waals surface area contributed by atoms with Crippen LogP contribution in [0.1, 0.15) is 11.3 Å². The second-order valence-corrected chi connectivity index (χ2v) is 5.38. The molecule has 3 nitrogen and oxygen atoms in total. The molecule has 1 aromatic heterocycles. The molecule has 0 aliphatic rings. The van der Waals surface area contributed by atoms with E-state index >= 15 is 0 Å². The van der Waals surface area contributed by atoms with Gasteiger partial charge >= 0.3 is 6.18 Å². The highest BCUT2D eigenvalue weighted by atomic mass is 35.5. The number of hydrogen-bond acceptors (Lipinski definition) is 2. The summed E-state index contributed by atoms with van der Waals surface area (Å²) in [5.41, 5.74) is -1.53. The molecule has 9 heteroatoms. The third-order valence-corrected chi connectivity index (χ3v) is 3.58. The predicted molar refractivity (Wildman–Crippen MR) is 76.5 cm³/mol. The first-order chi connectivity index (χ1) is 9.68. The molecule has 0 saturated heterocycles. The largest absolute Gasteiger partial charge is 0.431 e. The summed E-state index contributed by atoms with van der Waals surface area (Å²) < 4.78 is 38.3. The first-order valence-electron chi connectivity index (χ1n) is 5.54. The number of rotatable bonds is 2. The van der Waals surface area contributed by atoms with Gasteiger partial charge in [-0.1, -0.05) is 29.3 Å². The Morgan fingerprint density at radius 1 is 1.24 bits per heavy atom. The first kappa shape index (κ1) is 16.1. The summed E-state index contributed by atoms with van der Waals surface area (Å²) in [6.45, 7) is -0.0533. The number of hydrogen-bond donors (Lipinski definition) is 1. The van der Waals surface area contributed by atoms with E-state index in [0.717, 1.165) is 4.57 Å². The van der Waals surface area contributed by atoms with Crippen LogP contribution in [-0.4, -0.2) is 9.55 Å². The van der Waals surface area contributed by atoms with Gasteiger partial charge in [-0.3, -0.25) is 9.36 Å². The molecule has 0 radical (unpaired) electrons. The van der Waals surface area contributed by atoms with Gasteiger partial charge in [0, 0.05) is 16.1 Å². The van der Waals surface area contributed by atoms with E-state index in [1.165, 1.54) is 6.07 Å². The average Bonchev–Trinajstić information content (AvgIpc) is 2.34. The van der Waals surface area contributed by atoms with Crippen LogP contribution < -0.4 is 5.56 Å². The van der Waals surface area contributed by atoms with Crippen molar-refractivity contribution in [1.29, 1.82) is 0 Å². The van der Waals surface area contributed by atoms with E-state index in [1.807, 2.05) is 4.98 Å². The quantitative estimate of drug-likeness (QED) is 0.817. The molecule has 0 spiro atoms. The summed E-state index contributed by atoms with van der Waals surface area (Å²) >= 11 is 16.5. The Kier molecular flexibility index (Phi) is 4.46. The summed E-state index contributed by atoms with van der Waals surface area (Å²) in [5.74, 6) is 0. The molecular formula is C12H7Cl2F3N2OS. The summed E-state index contributed by atoms with van der Waals surface area (Å²) in [5, 5.41) is 0.706. The summed E-state index contributed by atoms with van der Waals surface area (Å²) in [6, 6.07) is 5.06. The van der Waals surface area contributed by atoms with Gasteiger partial charge in [-0.2, -0.15) is 13.2 Å². The molecule has 2 rings (SSSR count). The molecular weight excluding hydrogens is 348 g/mol.